The number of H-pyrrole nitrogens is 1. The zero-order valence-corrected chi connectivity index (χ0v) is 16.8. The second kappa shape index (κ2) is 8.32. The fourth-order valence-electron chi connectivity index (χ4n) is 4.03. The lowest BCUT2D eigenvalue weighted by atomic mass is 9.99. The molecule has 0 aromatic carbocycles. The number of hydrogen-bond donors (Lipinski definition) is 2. The number of carbonyl (C=O) groups excluding carboxylic acids is 2. The van der Waals surface area contributed by atoms with Crippen LogP contribution in [0.4, 0.5) is 0 Å². The second-order valence-electron chi connectivity index (χ2n) is 7.88. The molecule has 2 aromatic heterocycles. The van der Waals surface area contributed by atoms with Gasteiger partial charge in [0.25, 0.3) is 0 Å². The molecule has 0 saturated carbocycles. The standard InChI is InChI=1S/C19H27N7O3/c1-12-8-20-25(9-12)11-17(27)26-10-15(7-16(26)18-21-13(2)23-24-18)22-19(28)14-3-5-29-6-4-14/h8-9,14-16H,3-7,10-11H2,1-2H3,(H,22,28)(H,21,23,24)/t15-,16-/m0/s1. The minimum atomic E-state index is -0.274. The number of likely N-dealkylation sites (tertiary alicyclic amines) is 1. The predicted molar refractivity (Wildman–Crippen MR) is 103 cm³/mol. The maximum Gasteiger partial charge on any atom is 0.244 e. The predicted octanol–water partition coefficient (Wildman–Crippen LogP) is 0.503. The van der Waals surface area contributed by atoms with Gasteiger partial charge in [-0.15, -0.1) is 0 Å². The van der Waals surface area contributed by atoms with E-state index in [4.69, 9.17) is 4.74 Å². The highest BCUT2D eigenvalue weighted by atomic mass is 16.5. The Labute approximate surface area is 169 Å². The van der Waals surface area contributed by atoms with Crippen LogP contribution >= 0.6 is 0 Å². The molecule has 0 bridgehead atoms. The molecule has 0 unspecified atom stereocenters. The number of rotatable bonds is 5. The summed E-state index contributed by atoms with van der Waals surface area (Å²) in [5, 5.41) is 14.5. The molecule has 10 heteroatoms. The number of carbonyl (C=O) groups is 2. The van der Waals surface area contributed by atoms with Crippen LogP contribution in [0.3, 0.4) is 0 Å². The molecule has 0 aliphatic carbocycles. The second-order valence-corrected chi connectivity index (χ2v) is 7.88. The van der Waals surface area contributed by atoms with Crippen LogP contribution in [-0.2, 0) is 20.9 Å². The van der Waals surface area contributed by atoms with Crippen molar-refractivity contribution in [1.29, 1.82) is 0 Å². The van der Waals surface area contributed by atoms with Gasteiger partial charge in [-0.1, -0.05) is 0 Å². The number of aromatic nitrogens is 5. The maximum absolute atomic E-state index is 13.0. The summed E-state index contributed by atoms with van der Waals surface area (Å²) >= 11 is 0. The van der Waals surface area contributed by atoms with E-state index < -0.39 is 0 Å². The summed E-state index contributed by atoms with van der Waals surface area (Å²) in [5.41, 5.74) is 1.00. The van der Waals surface area contributed by atoms with E-state index in [1.54, 1.807) is 15.8 Å². The number of aryl methyl sites for hydroxylation is 2. The van der Waals surface area contributed by atoms with Crippen molar-refractivity contribution in [3.63, 3.8) is 0 Å². The fourth-order valence-corrected chi connectivity index (χ4v) is 4.03. The Morgan fingerprint density at radius 1 is 1.31 bits per heavy atom. The molecular formula is C19H27N7O3. The first-order valence-electron chi connectivity index (χ1n) is 10.0. The van der Waals surface area contributed by atoms with E-state index in [0.717, 1.165) is 18.4 Å². The molecular weight excluding hydrogens is 374 g/mol. The molecule has 29 heavy (non-hydrogen) atoms. The van der Waals surface area contributed by atoms with Gasteiger partial charge in [-0.3, -0.25) is 19.4 Å². The van der Waals surface area contributed by atoms with Gasteiger partial charge < -0.3 is 15.0 Å². The Hall–Kier alpha value is -2.75. The lowest BCUT2D eigenvalue weighted by molar-refractivity contribution is -0.133. The summed E-state index contributed by atoms with van der Waals surface area (Å²) in [6.07, 6.45) is 5.64. The molecule has 2 saturated heterocycles. The normalized spacial score (nSPS) is 22.8. The Balaban J connectivity index is 1.46. The third-order valence-corrected chi connectivity index (χ3v) is 5.53. The molecule has 4 heterocycles. The number of ether oxygens (including phenoxy) is 1. The average Bonchev–Trinajstić information content (AvgIpc) is 3.42. The van der Waals surface area contributed by atoms with Crippen molar-refractivity contribution in [3.8, 4) is 0 Å². The van der Waals surface area contributed by atoms with E-state index >= 15 is 0 Å². The summed E-state index contributed by atoms with van der Waals surface area (Å²) in [4.78, 5) is 31.9. The molecule has 156 valence electrons. The van der Waals surface area contributed by atoms with E-state index in [-0.39, 0.29) is 36.4 Å². The minimum Gasteiger partial charge on any atom is -0.381 e. The van der Waals surface area contributed by atoms with Crippen LogP contribution < -0.4 is 5.32 Å². The third-order valence-electron chi connectivity index (χ3n) is 5.53. The molecule has 2 amide bonds. The lowest BCUT2D eigenvalue weighted by Crippen LogP contribution is -2.43. The van der Waals surface area contributed by atoms with Crippen molar-refractivity contribution in [2.24, 2.45) is 5.92 Å². The summed E-state index contributed by atoms with van der Waals surface area (Å²) in [6.45, 7) is 5.59. The number of nitrogens with zero attached hydrogens (tertiary/aromatic N) is 5. The maximum atomic E-state index is 13.0. The molecule has 4 rings (SSSR count). The van der Waals surface area contributed by atoms with Crippen LogP contribution in [0.1, 0.15) is 42.5 Å². The van der Waals surface area contributed by atoms with Crippen molar-refractivity contribution in [3.05, 3.63) is 29.6 Å². The van der Waals surface area contributed by atoms with Crippen LogP contribution in [0.25, 0.3) is 0 Å². The van der Waals surface area contributed by atoms with Gasteiger partial charge in [-0.25, -0.2) is 4.98 Å². The number of amides is 2. The molecule has 2 N–H and O–H groups in total. The molecule has 2 aromatic rings. The van der Waals surface area contributed by atoms with Gasteiger partial charge in [0.1, 0.15) is 12.4 Å². The highest BCUT2D eigenvalue weighted by Gasteiger charge is 2.39. The van der Waals surface area contributed by atoms with E-state index in [2.05, 4.69) is 25.6 Å². The summed E-state index contributed by atoms with van der Waals surface area (Å²) in [5.74, 6) is 1.23. The van der Waals surface area contributed by atoms with Crippen molar-refractivity contribution >= 4 is 11.8 Å². The minimum absolute atomic E-state index is 0.0234. The zero-order chi connectivity index (χ0) is 20.4. The largest absolute Gasteiger partial charge is 0.381 e. The van der Waals surface area contributed by atoms with Crippen LogP contribution in [0.15, 0.2) is 12.4 Å². The van der Waals surface area contributed by atoms with Gasteiger partial charge in [0, 0.05) is 37.9 Å². The molecule has 10 nitrogen and oxygen atoms in total. The van der Waals surface area contributed by atoms with Gasteiger partial charge in [0.05, 0.1) is 12.2 Å². The van der Waals surface area contributed by atoms with E-state index in [0.29, 0.717) is 37.8 Å². The van der Waals surface area contributed by atoms with Crippen molar-refractivity contribution < 1.29 is 14.3 Å². The molecule has 2 fully saturated rings. The lowest BCUT2D eigenvalue weighted by Gasteiger charge is -2.24. The third kappa shape index (κ3) is 4.47. The Kier molecular flexibility index (Phi) is 5.61. The van der Waals surface area contributed by atoms with Crippen molar-refractivity contribution in [2.45, 2.75) is 51.7 Å². The van der Waals surface area contributed by atoms with Gasteiger partial charge in [-0.2, -0.15) is 10.2 Å². The van der Waals surface area contributed by atoms with Crippen LogP contribution in [0.5, 0.6) is 0 Å². The zero-order valence-electron chi connectivity index (χ0n) is 16.8. The quantitative estimate of drug-likeness (QED) is 0.753. The first-order chi connectivity index (χ1) is 14.0. The first kappa shape index (κ1) is 19.6. The van der Waals surface area contributed by atoms with E-state index in [1.807, 2.05) is 20.0 Å². The van der Waals surface area contributed by atoms with Crippen LogP contribution in [-0.4, -0.2) is 67.5 Å². The van der Waals surface area contributed by atoms with Gasteiger partial charge in [0.15, 0.2) is 5.82 Å². The van der Waals surface area contributed by atoms with Crippen LogP contribution in [0.2, 0.25) is 0 Å². The van der Waals surface area contributed by atoms with E-state index in [9.17, 15) is 9.59 Å². The Morgan fingerprint density at radius 3 is 2.76 bits per heavy atom. The first-order valence-corrected chi connectivity index (χ1v) is 10.0. The number of nitrogens with one attached hydrogen (secondary N) is 2. The summed E-state index contributed by atoms with van der Waals surface area (Å²) in [6, 6.07) is -0.401. The molecule has 2 aliphatic rings. The highest BCUT2D eigenvalue weighted by molar-refractivity contribution is 5.80. The molecule has 2 atom stereocenters. The van der Waals surface area contributed by atoms with Crippen LogP contribution in [0, 0.1) is 19.8 Å². The molecule has 2 aliphatic heterocycles. The Morgan fingerprint density at radius 2 is 2.10 bits per heavy atom. The van der Waals surface area contributed by atoms with Gasteiger partial charge in [0.2, 0.25) is 11.8 Å². The molecule has 0 spiro atoms. The average molecular weight is 401 g/mol. The smallest absolute Gasteiger partial charge is 0.244 e. The monoisotopic (exact) mass is 401 g/mol. The topological polar surface area (TPSA) is 118 Å². The van der Waals surface area contributed by atoms with Gasteiger partial charge in [-0.05, 0) is 38.7 Å². The summed E-state index contributed by atoms with van der Waals surface area (Å²) in [7, 11) is 0. The van der Waals surface area contributed by atoms with Gasteiger partial charge >= 0.3 is 0 Å². The summed E-state index contributed by atoms with van der Waals surface area (Å²) < 4.78 is 6.97. The van der Waals surface area contributed by atoms with E-state index in [1.165, 1.54) is 0 Å². The molecule has 0 radical (unpaired) electrons. The highest BCUT2D eigenvalue weighted by Crippen LogP contribution is 2.31. The SMILES string of the molecule is Cc1cnn(CC(=O)N2C[C@@H](NC(=O)C3CCOCC3)C[C@H]2c2n[nH]c(C)n2)c1. The van der Waals surface area contributed by atoms with Crippen molar-refractivity contribution in [2.75, 3.05) is 19.8 Å². The number of hydrogen-bond acceptors (Lipinski definition) is 6. The van der Waals surface area contributed by atoms with Crippen molar-refractivity contribution in [1.82, 2.24) is 35.2 Å². The number of aromatic amines is 1. The fraction of sp³-hybridized carbons (Fsp3) is 0.632. The Bertz CT molecular complexity index is 871.